The van der Waals surface area contributed by atoms with Crippen molar-refractivity contribution in [2.45, 2.75) is 58.5 Å². The van der Waals surface area contributed by atoms with E-state index in [-0.39, 0.29) is 0 Å². The molecule has 0 bridgehead atoms. The van der Waals surface area contributed by atoms with Crippen LogP contribution in [0.2, 0.25) is 0 Å². The van der Waals surface area contributed by atoms with Crippen LogP contribution in [0.4, 0.5) is 0 Å². The molecule has 2 heteroatoms. The zero-order valence-electron chi connectivity index (χ0n) is 10.2. The zero-order chi connectivity index (χ0) is 11.1. The van der Waals surface area contributed by atoms with Gasteiger partial charge in [-0.2, -0.15) is 0 Å². The molecule has 90 valence electrons. The molecule has 1 nitrogen and oxygen atoms in total. The van der Waals surface area contributed by atoms with Gasteiger partial charge < -0.3 is 4.74 Å². The average Bonchev–Trinajstić information content (AvgIpc) is 2.57. The molecule has 0 aromatic heterocycles. The highest BCUT2D eigenvalue weighted by Crippen LogP contribution is 2.33. The Labute approximate surface area is 108 Å². The first-order valence-electron chi connectivity index (χ1n) is 6.47. The van der Waals surface area contributed by atoms with Crippen LogP contribution < -0.4 is 0 Å². The average molecular weight is 324 g/mol. The summed E-state index contributed by atoms with van der Waals surface area (Å²) in [5.41, 5.74) is 0. The third-order valence-electron chi connectivity index (χ3n) is 3.53. The molecule has 1 fully saturated rings. The lowest BCUT2D eigenvalue weighted by atomic mass is 9.86. The summed E-state index contributed by atoms with van der Waals surface area (Å²) >= 11 is 2.46. The molecule has 0 amide bonds. The van der Waals surface area contributed by atoms with Gasteiger partial charge in [0, 0.05) is 6.61 Å². The maximum Gasteiger partial charge on any atom is 0.0606 e. The van der Waals surface area contributed by atoms with E-state index >= 15 is 0 Å². The number of hydrogen-bond acceptors (Lipinski definition) is 1. The second kappa shape index (κ2) is 7.88. The number of halogens is 1. The highest BCUT2D eigenvalue weighted by Gasteiger charge is 2.32. The van der Waals surface area contributed by atoms with Crippen molar-refractivity contribution in [3.05, 3.63) is 0 Å². The van der Waals surface area contributed by atoms with E-state index < -0.39 is 0 Å². The van der Waals surface area contributed by atoms with Crippen LogP contribution in [0, 0.1) is 11.8 Å². The second-order valence-corrected chi connectivity index (χ2v) is 5.92. The fourth-order valence-electron chi connectivity index (χ4n) is 2.61. The Morgan fingerprint density at radius 2 is 2.00 bits per heavy atom. The molecule has 0 saturated carbocycles. The van der Waals surface area contributed by atoms with E-state index in [0.29, 0.717) is 6.10 Å². The van der Waals surface area contributed by atoms with E-state index in [1.807, 2.05) is 0 Å². The molecule has 3 unspecified atom stereocenters. The van der Waals surface area contributed by atoms with Crippen LogP contribution in [0.5, 0.6) is 0 Å². The fourth-order valence-corrected chi connectivity index (χ4v) is 3.15. The van der Waals surface area contributed by atoms with Crippen LogP contribution in [-0.2, 0) is 4.74 Å². The molecule has 1 rings (SSSR count). The summed E-state index contributed by atoms with van der Waals surface area (Å²) in [6.45, 7) is 5.64. The molecular weight excluding hydrogens is 299 g/mol. The quantitative estimate of drug-likeness (QED) is 0.382. The number of rotatable bonds is 7. The molecule has 1 saturated heterocycles. The number of alkyl halides is 1. The molecule has 0 aromatic rings. The highest BCUT2D eigenvalue weighted by molar-refractivity contribution is 14.1. The van der Waals surface area contributed by atoms with Crippen molar-refractivity contribution in [3.63, 3.8) is 0 Å². The largest absolute Gasteiger partial charge is 0.378 e. The van der Waals surface area contributed by atoms with Crippen LogP contribution in [0.15, 0.2) is 0 Å². The van der Waals surface area contributed by atoms with E-state index in [0.717, 1.165) is 18.4 Å². The minimum Gasteiger partial charge on any atom is -0.378 e. The summed E-state index contributed by atoms with van der Waals surface area (Å²) in [5, 5.41) is 0. The molecule has 0 aromatic carbocycles. The molecule has 0 aliphatic carbocycles. The van der Waals surface area contributed by atoms with Gasteiger partial charge in [0.1, 0.15) is 0 Å². The Morgan fingerprint density at radius 1 is 1.20 bits per heavy atom. The third kappa shape index (κ3) is 4.59. The van der Waals surface area contributed by atoms with Crippen molar-refractivity contribution in [2.24, 2.45) is 11.8 Å². The predicted octanol–water partition coefficient (Wildman–Crippen LogP) is 4.43. The minimum absolute atomic E-state index is 0.578. The van der Waals surface area contributed by atoms with Gasteiger partial charge in [0.05, 0.1) is 6.10 Å². The third-order valence-corrected chi connectivity index (χ3v) is 4.29. The van der Waals surface area contributed by atoms with Crippen molar-refractivity contribution in [1.82, 2.24) is 0 Å². The molecule has 0 N–H and O–H groups in total. The van der Waals surface area contributed by atoms with E-state index in [2.05, 4.69) is 36.4 Å². The van der Waals surface area contributed by atoms with Crippen LogP contribution in [0.1, 0.15) is 52.4 Å². The van der Waals surface area contributed by atoms with Gasteiger partial charge in [-0.3, -0.25) is 0 Å². The van der Waals surface area contributed by atoms with E-state index in [9.17, 15) is 0 Å². The maximum atomic E-state index is 5.91. The molecule has 15 heavy (non-hydrogen) atoms. The summed E-state index contributed by atoms with van der Waals surface area (Å²) < 4.78 is 7.21. The van der Waals surface area contributed by atoms with Gasteiger partial charge >= 0.3 is 0 Å². The van der Waals surface area contributed by atoms with E-state index in [4.69, 9.17) is 4.74 Å². The minimum atomic E-state index is 0.578. The molecule has 0 spiro atoms. The smallest absolute Gasteiger partial charge is 0.0606 e. The van der Waals surface area contributed by atoms with Gasteiger partial charge in [0.15, 0.2) is 0 Å². The normalized spacial score (nSPS) is 31.0. The van der Waals surface area contributed by atoms with Gasteiger partial charge in [-0.15, -0.1) is 0 Å². The molecule has 3 atom stereocenters. The van der Waals surface area contributed by atoms with Gasteiger partial charge in [-0.25, -0.2) is 0 Å². The van der Waals surface area contributed by atoms with Gasteiger partial charge in [0.2, 0.25) is 0 Å². The summed E-state index contributed by atoms with van der Waals surface area (Å²) in [6.07, 6.45) is 8.67. The molecule has 0 radical (unpaired) electrons. The maximum absolute atomic E-state index is 5.91. The number of unbranched alkanes of at least 4 members (excludes halogenated alkanes) is 2. The van der Waals surface area contributed by atoms with Gasteiger partial charge in [-0.1, -0.05) is 55.7 Å². The first kappa shape index (κ1) is 13.8. The molecule has 1 aliphatic rings. The lowest BCUT2D eigenvalue weighted by molar-refractivity contribution is 0.0789. The van der Waals surface area contributed by atoms with Gasteiger partial charge in [0.25, 0.3) is 0 Å². The Bertz CT molecular complexity index is 161. The van der Waals surface area contributed by atoms with Crippen LogP contribution in [-0.4, -0.2) is 17.1 Å². The van der Waals surface area contributed by atoms with Crippen LogP contribution >= 0.6 is 22.6 Å². The lowest BCUT2D eigenvalue weighted by Crippen LogP contribution is -2.19. The van der Waals surface area contributed by atoms with Crippen LogP contribution in [0.3, 0.4) is 0 Å². The standard InChI is InChI=1S/C13H25IO/c1-3-7-12-11(2)10-15-13(12)8-5-4-6-9-14/h11-13H,3-10H2,1-2H3. The molecule has 1 aliphatic heterocycles. The Balaban J connectivity index is 2.21. The zero-order valence-corrected chi connectivity index (χ0v) is 12.3. The second-order valence-electron chi connectivity index (χ2n) is 4.84. The van der Waals surface area contributed by atoms with Crippen molar-refractivity contribution in [3.8, 4) is 0 Å². The molecular formula is C13H25IO. The fraction of sp³-hybridized carbons (Fsp3) is 1.00. The first-order chi connectivity index (χ1) is 7.29. The van der Waals surface area contributed by atoms with Crippen molar-refractivity contribution >= 4 is 22.6 Å². The number of hydrogen-bond donors (Lipinski definition) is 0. The van der Waals surface area contributed by atoms with E-state index in [1.165, 1.54) is 43.0 Å². The Kier molecular flexibility index (Phi) is 7.23. The summed E-state index contributed by atoms with van der Waals surface area (Å²) in [5.74, 6) is 1.63. The molecule has 1 heterocycles. The summed E-state index contributed by atoms with van der Waals surface area (Å²) in [6, 6.07) is 0. The topological polar surface area (TPSA) is 9.23 Å². The van der Waals surface area contributed by atoms with Crippen molar-refractivity contribution < 1.29 is 4.74 Å². The SMILES string of the molecule is CCCC1C(C)COC1CCCCCI. The van der Waals surface area contributed by atoms with Crippen molar-refractivity contribution in [1.29, 1.82) is 0 Å². The predicted molar refractivity (Wildman–Crippen MR) is 74.7 cm³/mol. The highest BCUT2D eigenvalue weighted by atomic mass is 127. The monoisotopic (exact) mass is 324 g/mol. The summed E-state index contributed by atoms with van der Waals surface area (Å²) in [7, 11) is 0. The Morgan fingerprint density at radius 3 is 2.67 bits per heavy atom. The van der Waals surface area contributed by atoms with Crippen molar-refractivity contribution in [2.75, 3.05) is 11.0 Å². The van der Waals surface area contributed by atoms with Crippen LogP contribution in [0.25, 0.3) is 0 Å². The first-order valence-corrected chi connectivity index (χ1v) is 7.99. The lowest BCUT2D eigenvalue weighted by Gasteiger charge is -2.20. The van der Waals surface area contributed by atoms with Gasteiger partial charge in [-0.05, 0) is 35.5 Å². The van der Waals surface area contributed by atoms with E-state index in [1.54, 1.807) is 0 Å². The summed E-state index contributed by atoms with van der Waals surface area (Å²) in [4.78, 5) is 0. The number of ether oxygens (including phenoxy) is 1. The Hall–Kier alpha value is 0.690.